The van der Waals surface area contributed by atoms with E-state index in [-0.39, 0.29) is 0 Å². The molecule has 3 aromatic rings. The number of pyridine rings is 1. The molecular formula is C27H37BrN6O. The van der Waals surface area contributed by atoms with E-state index in [4.69, 9.17) is 9.72 Å². The predicted octanol–water partition coefficient (Wildman–Crippen LogP) is 5.14. The minimum atomic E-state index is 0.739. The number of anilines is 1. The van der Waals surface area contributed by atoms with Crippen LogP contribution in [-0.2, 0) is 11.3 Å². The Morgan fingerprint density at radius 2 is 1.97 bits per heavy atom. The summed E-state index contributed by atoms with van der Waals surface area (Å²) >= 11 is 3.70. The SMILES string of the molecule is CCCN(CCNc1c(Br)cnc2nc(-c3ccc(CN4CCOCC4)cc3)[nH]c12)CC1CCC1. The maximum atomic E-state index is 5.46. The number of halogens is 1. The number of hydrogen-bond acceptors (Lipinski definition) is 6. The van der Waals surface area contributed by atoms with Gasteiger partial charge in [0.2, 0.25) is 0 Å². The second kappa shape index (κ2) is 11.8. The summed E-state index contributed by atoms with van der Waals surface area (Å²) in [6.07, 6.45) is 7.25. The van der Waals surface area contributed by atoms with Crippen molar-refractivity contribution in [1.82, 2.24) is 24.8 Å². The molecule has 0 unspecified atom stereocenters. The molecule has 2 N–H and O–H groups in total. The third kappa shape index (κ3) is 6.23. The van der Waals surface area contributed by atoms with E-state index in [9.17, 15) is 0 Å². The van der Waals surface area contributed by atoms with Crippen LogP contribution in [0.15, 0.2) is 34.9 Å². The maximum Gasteiger partial charge on any atom is 0.180 e. The van der Waals surface area contributed by atoms with Crippen LogP contribution in [-0.4, -0.2) is 77.2 Å². The van der Waals surface area contributed by atoms with Gasteiger partial charge in [0.25, 0.3) is 0 Å². The van der Waals surface area contributed by atoms with Crippen LogP contribution in [0.4, 0.5) is 5.69 Å². The molecule has 0 atom stereocenters. The minimum absolute atomic E-state index is 0.739. The first-order valence-electron chi connectivity index (χ1n) is 13.1. The van der Waals surface area contributed by atoms with E-state index in [0.717, 1.165) is 84.6 Å². The molecule has 2 fully saturated rings. The molecule has 1 aliphatic carbocycles. The molecule has 1 saturated carbocycles. The first kappa shape index (κ1) is 24.7. The van der Waals surface area contributed by atoms with Gasteiger partial charge in [-0.25, -0.2) is 9.97 Å². The van der Waals surface area contributed by atoms with Crippen LogP contribution < -0.4 is 5.32 Å². The summed E-state index contributed by atoms with van der Waals surface area (Å²) in [5.41, 5.74) is 5.12. The van der Waals surface area contributed by atoms with Crippen molar-refractivity contribution >= 4 is 32.8 Å². The molecule has 0 radical (unpaired) electrons. The lowest BCUT2D eigenvalue weighted by Gasteiger charge is -2.32. The lowest BCUT2D eigenvalue weighted by atomic mass is 9.85. The number of imidazole rings is 1. The fraction of sp³-hybridized carbons (Fsp3) is 0.556. The van der Waals surface area contributed by atoms with Gasteiger partial charge in [0, 0.05) is 51.0 Å². The van der Waals surface area contributed by atoms with E-state index in [1.165, 1.54) is 44.3 Å². The highest BCUT2D eigenvalue weighted by atomic mass is 79.9. The standard InChI is InChI=1S/C27H37BrN6O/c1-2-11-33(18-20-4-3-5-20)12-10-29-24-23(28)17-30-27-25(24)31-26(32-27)22-8-6-21(7-9-22)19-34-13-15-35-16-14-34/h6-9,17,20H,2-5,10-16,18-19H2,1H3,(H2,29,30,31,32). The van der Waals surface area contributed by atoms with Gasteiger partial charge in [-0.1, -0.05) is 37.6 Å². The molecule has 3 heterocycles. The fourth-order valence-corrected chi connectivity index (χ4v) is 5.46. The van der Waals surface area contributed by atoms with Crippen molar-refractivity contribution in [3.05, 3.63) is 40.5 Å². The molecule has 0 spiro atoms. The fourth-order valence-electron chi connectivity index (χ4n) is 5.02. The summed E-state index contributed by atoms with van der Waals surface area (Å²) in [6, 6.07) is 8.70. The Morgan fingerprint density at radius 3 is 2.69 bits per heavy atom. The maximum absolute atomic E-state index is 5.46. The van der Waals surface area contributed by atoms with Crippen LogP contribution in [0.5, 0.6) is 0 Å². The molecule has 188 valence electrons. The van der Waals surface area contributed by atoms with Crippen molar-refractivity contribution in [2.75, 3.05) is 57.8 Å². The monoisotopic (exact) mass is 540 g/mol. The zero-order valence-corrected chi connectivity index (χ0v) is 22.3. The van der Waals surface area contributed by atoms with Crippen molar-refractivity contribution in [2.45, 2.75) is 39.2 Å². The lowest BCUT2D eigenvalue weighted by molar-refractivity contribution is 0.0342. The topological polar surface area (TPSA) is 69.3 Å². The average Bonchev–Trinajstić information content (AvgIpc) is 3.28. The van der Waals surface area contributed by atoms with Crippen LogP contribution in [0, 0.1) is 5.92 Å². The van der Waals surface area contributed by atoms with E-state index in [1.807, 2.05) is 6.20 Å². The number of nitrogens with zero attached hydrogens (tertiary/aromatic N) is 4. The Morgan fingerprint density at radius 1 is 1.17 bits per heavy atom. The molecule has 1 aromatic carbocycles. The quantitative estimate of drug-likeness (QED) is 0.350. The summed E-state index contributed by atoms with van der Waals surface area (Å²) in [7, 11) is 0. The number of nitrogens with one attached hydrogen (secondary N) is 2. The largest absolute Gasteiger partial charge is 0.381 e. The van der Waals surface area contributed by atoms with Crippen molar-refractivity contribution < 1.29 is 4.74 Å². The lowest BCUT2D eigenvalue weighted by Crippen LogP contribution is -2.36. The molecule has 8 heteroatoms. The van der Waals surface area contributed by atoms with E-state index >= 15 is 0 Å². The Labute approximate surface area is 216 Å². The van der Waals surface area contributed by atoms with Crippen LogP contribution in [0.1, 0.15) is 38.2 Å². The Balaban J connectivity index is 1.25. The number of fused-ring (bicyclic) bond motifs is 1. The van der Waals surface area contributed by atoms with Gasteiger partial charge in [0.15, 0.2) is 5.65 Å². The summed E-state index contributed by atoms with van der Waals surface area (Å²) < 4.78 is 6.42. The van der Waals surface area contributed by atoms with Gasteiger partial charge in [-0.3, -0.25) is 4.90 Å². The van der Waals surface area contributed by atoms with Crippen molar-refractivity contribution in [2.24, 2.45) is 5.92 Å². The first-order valence-corrected chi connectivity index (χ1v) is 13.9. The molecule has 0 amide bonds. The number of rotatable bonds is 11. The molecule has 1 saturated heterocycles. The molecule has 7 nitrogen and oxygen atoms in total. The van der Waals surface area contributed by atoms with Gasteiger partial charge in [-0.2, -0.15) is 0 Å². The summed E-state index contributed by atoms with van der Waals surface area (Å²) in [5.74, 6) is 1.75. The molecule has 5 rings (SSSR count). The number of ether oxygens (including phenoxy) is 1. The van der Waals surface area contributed by atoms with Gasteiger partial charge in [0.05, 0.1) is 23.4 Å². The van der Waals surface area contributed by atoms with Gasteiger partial charge in [0.1, 0.15) is 11.3 Å². The first-order chi connectivity index (χ1) is 17.2. The van der Waals surface area contributed by atoms with Crippen molar-refractivity contribution in [3.63, 3.8) is 0 Å². The van der Waals surface area contributed by atoms with Crippen LogP contribution in [0.25, 0.3) is 22.6 Å². The predicted molar refractivity (Wildman–Crippen MR) is 146 cm³/mol. The van der Waals surface area contributed by atoms with E-state index in [2.05, 4.69) is 72.2 Å². The summed E-state index contributed by atoms with van der Waals surface area (Å²) in [6.45, 7) is 11.2. The second-order valence-corrected chi connectivity index (χ2v) is 10.7. The normalized spacial score (nSPS) is 17.2. The molecule has 2 aromatic heterocycles. The highest BCUT2D eigenvalue weighted by molar-refractivity contribution is 9.10. The highest BCUT2D eigenvalue weighted by Crippen LogP contribution is 2.31. The Bertz CT molecular complexity index is 1090. The van der Waals surface area contributed by atoms with Gasteiger partial charge in [-0.15, -0.1) is 0 Å². The van der Waals surface area contributed by atoms with Gasteiger partial charge in [-0.05, 0) is 53.2 Å². The van der Waals surface area contributed by atoms with Crippen LogP contribution in [0.2, 0.25) is 0 Å². The summed E-state index contributed by atoms with van der Waals surface area (Å²) in [5, 5.41) is 3.66. The Kier molecular flexibility index (Phi) is 8.34. The summed E-state index contributed by atoms with van der Waals surface area (Å²) in [4.78, 5) is 17.9. The smallest absolute Gasteiger partial charge is 0.180 e. The third-order valence-electron chi connectivity index (χ3n) is 7.22. The number of H-pyrrole nitrogens is 1. The second-order valence-electron chi connectivity index (χ2n) is 9.87. The molecule has 2 aliphatic rings. The van der Waals surface area contributed by atoms with Crippen LogP contribution in [0.3, 0.4) is 0 Å². The van der Waals surface area contributed by atoms with Crippen LogP contribution >= 0.6 is 15.9 Å². The molecule has 1 aliphatic heterocycles. The number of aromatic amines is 1. The van der Waals surface area contributed by atoms with Gasteiger partial charge < -0.3 is 19.9 Å². The number of hydrogen-bond donors (Lipinski definition) is 2. The zero-order chi connectivity index (χ0) is 24.0. The average molecular weight is 542 g/mol. The van der Waals surface area contributed by atoms with E-state index < -0.39 is 0 Å². The number of benzene rings is 1. The minimum Gasteiger partial charge on any atom is -0.381 e. The van der Waals surface area contributed by atoms with E-state index in [0.29, 0.717) is 0 Å². The molecule has 35 heavy (non-hydrogen) atoms. The molecular weight excluding hydrogens is 504 g/mol. The van der Waals surface area contributed by atoms with Gasteiger partial charge >= 0.3 is 0 Å². The third-order valence-corrected chi connectivity index (χ3v) is 7.82. The van der Waals surface area contributed by atoms with Crippen molar-refractivity contribution in [3.8, 4) is 11.4 Å². The number of aromatic nitrogens is 3. The Hall–Kier alpha value is -2.00. The van der Waals surface area contributed by atoms with E-state index in [1.54, 1.807) is 0 Å². The highest BCUT2D eigenvalue weighted by Gasteiger charge is 2.20. The van der Waals surface area contributed by atoms with Crippen molar-refractivity contribution in [1.29, 1.82) is 0 Å². The molecule has 0 bridgehead atoms. The number of morpholine rings is 1. The zero-order valence-electron chi connectivity index (χ0n) is 20.7.